The maximum Gasteiger partial charge on any atom is 0.402 e. The van der Waals surface area contributed by atoms with Gasteiger partial charge in [-0.3, -0.25) is 9.59 Å². The van der Waals surface area contributed by atoms with E-state index >= 15 is 0 Å². The number of hydrogen-bond acceptors (Lipinski definition) is 4. The van der Waals surface area contributed by atoms with Gasteiger partial charge in [0.15, 0.2) is 0 Å². The standard InChI is InChI=1S/C20H22ClF3N2O3/c1-18(2,3)29-15(27)10-19(20(22,23)24)12-7-8-26(4)17(28)16(12)25-14-6-5-11(21)9-13(14)19/h5-6,9,25H,7-8,10H2,1-4H3. The zero-order chi connectivity index (χ0) is 21.8. The van der Waals surface area contributed by atoms with Crippen LogP contribution >= 0.6 is 11.6 Å². The molecular weight excluding hydrogens is 409 g/mol. The van der Waals surface area contributed by atoms with Gasteiger partial charge < -0.3 is 15.0 Å². The molecule has 1 aromatic carbocycles. The molecule has 0 fully saturated rings. The monoisotopic (exact) mass is 430 g/mol. The van der Waals surface area contributed by atoms with Crippen LogP contribution in [0.25, 0.3) is 0 Å². The average Bonchev–Trinajstić information content (AvgIpc) is 2.56. The first-order valence-electron chi connectivity index (χ1n) is 9.11. The van der Waals surface area contributed by atoms with Crippen LogP contribution < -0.4 is 5.32 Å². The molecule has 0 aliphatic carbocycles. The first kappa shape index (κ1) is 21.5. The molecule has 2 aliphatic rings. The lowest BCUT2D eigenvalue weighted by atomic mass is 9.66. The highest BCUT2D eigenvalue weighted by atomic mass is 35.5. The summed E-state index contributed by atoms with van der Waals surface area (Å²) in [6.07, 6.45) is -5.86. The number of alkyl halides is 3. The fraction of sp³-hybridized carbons (Fsp3) is 0.500. The van der Waals surface area contributed by atoms with Crippen molar-refractivity contribution in [3.63, 3.8) is 0 Å². The van der Waals surface area contributed by atoms with Crippen molar-refractivity contribution in [2.75, 3.05) is 18.9 Å². The van der Waals surface area contributed by atoms with E-state index in [0.717, 1.165) is 0 Å². The van der Waals surface area contributed by atoms with E-state index in [9.17, 15) is 22.8 Å². The van der Waals surface area contributed by atoms with Gasteiger partial charge in [0.1, 0.15) is 16.7 Å². The Kier molecular flexibility index (Phi) is 5.14. The van der Waals surface area contributed by atoms with Crippen LogP contribution in [0.5, 0.6) is 0 Å². The van der Waals surface area contributed by atoms with Crippen LogP contribution in [0.2, 0.25) is 5.02 Å². The zero-order valence-electron chi connectivity index (χ0n) is 16.5. The molecule has 0 saturated heterocycles. The molecule has 3 rings (SSSR count). The molecular formula is C20H22ClF3N2O3. The van der Waals surface area contributed by atoms with Crippen molar-refractivity contribution < 1.29 is 27.5 Å². The smallest absolute Gasteiger partial charge is 0.402 e. The van der Waals surface area contributed by atoms with Gasteiger partial charge in [0.05, 0.1) is 6.42 Å². The summed E-state index contributed by atoms with van der Waals surface area (Å²) in [5.74, 6) is -1.55. The molecule has 0 saturated carbocycles. The minimum Gasteiger partial charge on any atom is -0.460 e. The second-order valence-corrected chi connectivity index (χ2v) is 8.75. The highest BCUT2D eigenvalue weighted by molar-refractivity contribution is 6.30. The fourth-order valence-corrected chi connectivity index (χ4v) is 4.05. The molecule has 0 radical (unpaired) electrons. The van der Waals surface area contributed by atoms with Crippen molar-refractivity contribution in [2.45, 2.75) is 50.8 Å². The zero-order valence-corrected chi connectivity index (χ0v) is 17.3. The van der Waals surface area contributed by atoms with E-state index in [-0.39, 0.29) is 40.5 Å². The van der Waals surface area contributed by atoms with Crippen LogP contribution in [-0.2, 0) is 19.7 Å². The van der Waals surface area contributed by atoms with E-state index < -0.39 is 35.5 Å². The van der Waals surface area contributed by atoms with E-state index in [4.69, 9.17) is 16.3 Å². The normalized spacial score (nSPS) is 22.1. The number of carbonyl (C=O) groups is 2. The number of esters is 1. The molecule has 1 aromatic rings. The second-order valence-electron chi connectivity index (χ2n) is 8.31. The van der Waals surface area contributed by atoms with Gasteiger partial charge in [-0.25, -0.2) is 0 Å². The topological polar surface area (TPSA) is 58.6 Å². The SMILES string of the molecule is CN1CCC2=C(Nc3ccc(Cl)cc3C2(CC(=O)OC(C)(C)C)C(F)(F)F)C1=O. The molecule has 0 bridgehead atoms. The van der Waals surface area contributed by atoms with Gasteiger partial charge in [0, 0.05) is 24.3 Å². The molecule has 2 aliphatic heterocycles. The summed E-state index contributed by atoms with van der Waals surface area (Å²) in [6, 6.07) is 4.03. The van der Waals surface area contributed by atoms with Crippen molar-refractivity contribution in [3.8, 4) is 0 Å². The Labute approximate surface area is 171 Å². The number of hydrogen-bond donors (Lipinski definition) is 1. The maximum absolute atomic E-state index is 14.8. The van der Waals surface area contributed by atoms with Crippen LogP contribution in [0.4, 0.5) is 18.9 Å². The van der Waals surface area contributed by atoms with Crippen molar-refractivity contribution in [1.82, 2.24) is 4.90 Å². The number of likely N-dealkylation sites (N-methyl/N-ethyl adjacent to an activating group) is 1. The molecule has 1 unspecified atom stereocenters. The quantitative estimate of drug-likeness (QED) is 0.706. The fourth-order valence-electron chi connectivity index (χ4n) is 3.88. The summed E-state index contributed by atoms with van der Waals surface area (Å²) >= 11 is 6.02. The number of nitrogens with one attached hydrogen (secondary N) is 1. The molecule has 158 valence electrons. The number of fused-ring (bicyclic) bond motifs is 1. The van der Waals surface area contributed by atoms with Gasteiger partial charge in [-0.15, -0.1) is 0 Å². The molecule has 1 amide bonds. The van der Waals surface area contributed by atoms with E-state index in [1.165, 1.54) is 30.1 Å². The van der Waals surface area contributed by atoms with E-state index in [0.29, 0.717) is 0 Å². The van der Waals surface area contributed by atoms with E-state index in [1.54, 1.807) is 20.8 Å². The third-order valence-electron chi connectivity index (χ3n) is 5.09. The Bertz CT molecular complexity index is 905. The number of amides is 1. The third-order valence-corrected chi connectivity index (χ3v) is 5.32. The number of rotatable bonds is 2. The largest absolute Gasteiger partial charge is 0.460 e. The number of ether oxygens (including phenoxy) is 1. The molecule has 5 nitrogen and oxygen atoms in total. The molecule has 1 atom stereocenters. The second kappa shape index (κ2) is 6.93. The molecule has 1 N–H and O–H groups in total. The third kappa shape index (κ3) is 3.70. The predicted octanol–water partition coefficient (Wildman–Crippen LogP) is 4.41. The average molecular weight is 431 g/mol. The number of carbonyl (C=O) groups excluding carboxylic acids is 2. The molecule has 29 heavy (non-hydrogen) atoms. The van der Waals surface area contributed by atoms with Crippen LogP contribution in [0, 0.1) is 0 Å². The van der Waals surface area contributed by atoms with Crippen molar-refractivity contribution in [3.05, 3.63) is 40.1 Å². The van der Waals surface area contributed by atoms with Gasteiger partial charge in [0.25, 0.3) is 5.91 Å². The van der Waals surface area contributed by atoms with Crippen molar-refractivity contribution in [2.24, 2.45) is 0 Å². The maximum atomic E-state index is 14.8. The van der Waals surface area contributed by atoms with Crippen LogP contribution in [0.3, 0.4) is 0 Å². The number of benzene rings is 1. The summed E-state index contributed by atoms with van der Waals surface area (Å²) in [5.41, 5.74) is -4.04. The Hall–Kier alpha value is -2.22. The number of anilines is 1. The van der Waals surface area contributed by atoms with Gasteiger partial charge in [0.2, 0.25) is 0 Å². The minimum absolute atomic E-state index is 0.0289. The summed E-state index contributed by atoms with van der Waals surface area (Å²) in [6.45, 7) is 4.87. The van der Waals surface area contributed by atoms with Crippen LogP contribution in [0.15, 0.2) is 29.5 Å². The number of nitrogens with zero attached hydrogens (tertiary/aromatic N) is 1. The summed E-state index contributed by atoms with van der Waals surface area (Å²) in [4.78, 5) is 26.6. The Morgan fingerprint density at radius 3 is 2.55 bits per heavy atom. The highest BCUT2D eigenvalue weighted by Gasteiger charge is 2.63. The van der Waals surface area contributed by atoms with Crippen molar-refractivity contribution in [1.29, 1.82) is 0 Å². The molecule has 2 heterocycles. The van der Waals surface area contributed by atoms with Gasteiger partial charge in [-0.2, -0.15) is 13.2 Å². The van der Waals surface area contributed by atoms with E-state index in [2.05, 4.69) is 5.32 Å². The van der Waals surface area contributed by atoms with Gasteiger partial charge in [-0.1, -0.05) is 11.6 Å². The predicted molar refractivity (Wildman–Crippen MR) is 103 cm³/mol. The van der Waals surface area contributed by atoms with Gasteiger partial charge in [-0.05, 0) is 56.5 Å². The highest BCUT2D eigenvalue weighted by Crippen LogP contribution is 2.56. The Morgan fingerprint density at radius 1 is 1.31 bits per heavy atom. The lowest BCUT2D eigenvalue weighted by molar-refractivity contribution is -0.193. The molecule has 0 spiro atoms. The summed E-state index contributed by atoms with van der Waals surface area (Å²) < 4.78 is 49.5. The minimum atomic E-state index is -4.86. The first-order valence-corrected chi connectivity index (χ1v) is 9.49. The lowest BCUT2D eigenvalue weighted by Crippen LogP contribution is -2.53. The first-order chi connectivity index (χ1) is 13.3. The lowest BCUT2D eigenvalue weighted by Gasteiger charge is -2.45. The summed E-state index contributed by atoms with van der Waals surface area (Å²) in [5, 5.41) is 2.94. The molecule has 9 heteroatoms. The van der Waals surface area contributed by atoms with E-state index in [1.807, 2.05) is 0 Å². The Morgan fingerprint density at radius 2 is 1.97 bits per heavy atom. The van der Waals surface area contributed by atoms with Crippen molar-refractivity contribution >= 4 is 29.2 Å². The molecule has 0 aromatic heterocycles. The number of halogens is 4. The van der Waals surface area contributed by atoms with Gasteiger partial charge >= 0.3 is 12.1 Å². The van der Waals surface area contributed by atoms with Crippen LogP contribution in [0.1, 0.15) is 39.2 Å². The summed E-state index contributed by atoms with van der Waals surface area (Å²) in [7, 11) is 1.52. The Balaban J connectivity index is 2.27. The van der Waals surface area contributed by atoms with Crippen LogP contribution in [-0.4, -0.2) is 42.1 Å².